The van der Waals surface area contributed by atoms with Crippen LogP contribution in [0.2, 0.25) is 0 Å². The number of ether oxygens (including phenoxy) is 1. The predicted molar refractivity (Wildman–Crippen MR) is 118 cm³/mol. The van der Waals surface area contributed by atoms with Crippen LogP contribution >= 0.6 is 0 Å². The van der Waals surface area contributed by atoms with Gasteiger partial charge in [-0.15, -0.1) is 0 Å². The van der Waals surface area contributed by atoms with Gasteiger partial charge in [-0.1, -0.05) is 31.4 Å². The van der Waals surface area contributed by atoms with Gasteiger partial charge >= 0.3 is 0 Å². The summed E-state index contributed by atoms with van der Waals surface area (Å²) in [6.45, 7) is 3.08. The molecule has 29 heavy (non-hydrogen) atoms. The standard InChI is InChI=1S/C23H36N4O2/c1-24-23(27(2)13-14-29-17-18-11-12-18)25-16-19-7-6-10-21(15-19)26-22(28)20-8-4-3-5-9-20/h6-7,10,15,18,20H,3-5,8-9,11-14,16-17H2,1-2H3,(H,24,25)(H,26,28). The predicted octanol–water partition coefficient (Wildman–Crippen LogP) is 3.64. The number of amides is 1. The molecule has 2 aliphatic rings. The molecule has 2 fully saturated rings. The lowest BCUT2D eigenvalue weighted by atomic mass is 9.88. The van der Waals surface area contributed by atoms with E-state index in [2.05, 4.69) is 26.6 Å². The number of rotatable bonds is 9. The van der Waals surface area contributed by atoms with Crippen molar-refractivity contribution in [3.63, 3.8) is 0 Å². The molecule has 0 unspecified atom stereocenters. The van der Waals surface area contributed by atoms with Crippen LogP contribution in [0.3, 0.4) is 0 Å². The maximum absolute atomic E-state index is 12.5. The second kappa shape index (κ2) is 11.2. The van der Waals surface area contributed by atoms with Gasteiger partial charge in [-0.25, -0.2) is 0 Å². The molecule has 6 heteroatoms. The van der Waals surface area contributed by atoms with Crippen molar-refractivity contribution in [1.29, 1.82) is 0 Å². The molecular weight excluding hydrogens is 364 g/mol. The Bertz CT molecular complexity index is 681. The van der Waals surface area contributed by atoms with E-state index in [0.717, 1.165) is 55.7 Å². The van der Waals surface area contributed by atoms with E-state index in [0.29, 0.717) is 6.54 Å². The Balaban J connectivity index is 1.43. The summed E-state index contributed by atoms with van der Waals surface area (Å²) in [5.41, 5.74) is 1.99. The molecule has 0 bridgehead atoms. The SMILES string of the molecule is CN=C(NCc1cccc(NC(=O)C2CCCCC2)c1)N(C)CCOCC1CC1. The second-order valence-electron chi connectivity index (χ2n) is 8.37. The zero-order valence-corrected chi connectivity index (χ0v) is 18.0. The number of anilines is 1. The molecular formula is C23H36N4O2. The van der Waals surface area contributed by atoms with Gasteiger partial charge in [-0.3, -0.25) is 9.79 Å². The molecule has 160 valence electrons. The van der Waals surface area contributed by atoms with Crippen LogP contribution in [0.4, 0.5) is 5.69 Å². The smallest absolute Gasteiger partial charge is 0.227 e. The van der Waals surface area contributed by atoms with Gasteiger partial charge in [0.25, 0.3) is 0 Å². The van der Waals surface area contributed by atoms with Gasteiger partial charge < -0.3 is 20.3 Å². The van der Waals surface area contributed by atoms with E-state index in [1.54, 1.807) is 7.05 Å². The number of guanidine groups is 1. The van der Waals surface area contributed by atoms with E-state index in [-0.39, 0.29) is 11.8 Å². The lowest BCUT2D eigenvalue weighted by Gasteiger charge is -2.22. The third kappa shape index (κ3) is 7.35. The molecule has 0 aromatic heterocycles. The van der Waals surface area contributed by atoms with Crippen molar-refractivity contribution in [2.24, 2.45) is 16.8 Å². The summed E-state index contributed by atoms with van der Waals surface area (Å²) in [4.78, 5) is 18.9. The van der Waals surface area contributed by atoms with Crippen molar-refractivity contribution in [2.75, 3.05) is 39.2 Å². The first kappa shape index (κ1) is 21.6. The van der Waals surface area contributed by atoms with Crippen molar-refractivity contribution in [1.82, 2.24) is 10.2 Å². The van der Waals surface area contributed by atoms with E-state index in [9.17, 15) is 4.79 Å². The molecule has 3 rings (SSSR count). The Morgan fingerprint density at radius 1 is 1.21 bits per heavy atom. The lowest BCUT2D eigenvalue weighted by Crippen LogP contribution is -2.40. The molecule has 2 saturated carbocycles. The monoisotopic (exact) mass is 400 g/mol. The maximum Gasteiger partial charge on any atom is 0.227 e. The number of benzene rings is 1. The van der Waals surface area contributed by atoms with Gasteiger partial charge in [-0.2, -0.15) is 0 Å². The van der Waals surface area contributed by atoms with Gasteiger partial charge in [0.15, 0.2) is 5.96 Å². The Morgan fingerprint density at radius 2 is 2.00 bits per heavy atom. The fourth-order valence-corrected chi connectivity index (χ4v) is 3.78. The van der Waals surface area contributed by atoms with Crippen LogP contribution in [0.1, 0.15) is 50.5 Å². The topological polar surface area (TPSA) is 66.0 Å². The molecule has 2 N–H and O–H groups in total. The van der Waals surface area contributed by atoms with Crippen LogP contribution in [0.25, 0.3) is 0 Å². The van der Waals surface area contributed by atoms with Gasteiger partial charge in [0.2, 0.25) is 5.91 Å². The zero-order valence-electron chi connectivity index (χ0n) is 18.0. The normalized spacial score (nSPS) is 17.8. The van der Waals surface area contributed by atoms with Crippen LogP contribution in [-0.2, 0) is 16.1 Å². The third-order valence-electron chi connectivity index (χ3n) is 5.82. The first-order valence-corrected chi connectivity index (χ1v) is 11.0. The minimum absolute atomic E-state index is 0.163. The first-order chi connectivity index (χ1) is 14.2. The van der Waals surface area contributed by atoms with Crippen LogP contribution < -0.4 is 10.6 Å². The highest BCUT2D eigenvalue weighted by atomic mass is 16.5. The summed E-state index contributed by atoms with van der Waals surface area (Å²) >= 11 is 0. The summed E-state index contributed by atoms with van der Waals surface area (Å²) in [7, 11) is 3.82. The summed E-state index contributed by atoms with van der Waals surface area (Å²) < 4.78 is 5.72. The fourth-order valence-electron chi connectivity index (χ4n) is 3.78. The molecule has 0 saturated heterocycles. The van der Waals surface area contributed by atoms with E-state index in [1.807, 2.05) is 25.2 Å². The van der Waals surface area contributed by atoms with Crippen molar-refractivity contribution >= 4 is 17.6 Å². The first-order valence-electron chi connectivity index (χ1n) is 11.0. The number of hydrogen-bond acceptors (Lipinski definition) is 3. The van der Waals surface area contributed by atoms with Crippen molar-refractivity contribution in [3.05, 3.63) is 29.8 Å². The summed E-state index contributed by atoms with van der Waals surface area (Å²) in [6.07, 6.45) is 8.26. The summed E-state index contributed by atoms with van der Waals surface area (Å²) in [5, 5.41) is 6.50. The second-order valence-corrected chi connectivity index (χ2v) is 8.37. The van der Waals surface area contributed by atoms with E-state index >= 15 is 0 Å². The van der Waals surface area contributed by atoms with Crippen molar-refractivity contribution in [3.8, 4) is 0 Å². The van der Waals surface area contributed by atoms with Crippen LogP contribution in [0, 0.1) is 11.8 Å². The van der Waals surface area contributed by atoms with E-state index in [4.69, 9.17) is 4.74 Å². The van der Waals surface area contributed by atoms with Gasteiger partial charge in [0.1, 0.15) is 0 Å². The molecule has 1 aromatic rings. The quantitative estimate of drug-likeness (QED) is 0.377. The van der Waals surface area contributed by atoms with Crippen LogP contribution in [0.5, 0.6) is 0 Å². The molecule has 2 aliphatic carbocycles. The van der Waals surface area contributed by atoms with Crippen LogP contribution in [-0.4, -0.2) is 50.6 Å². The maximum atomic E-state index is 12.5. The average molecular weight is 401 g/mol. The highest BCUT2D eigenvalue weighted by Gasteiger charge is 2.22. The highest BCUT2D eigenvalue weighted by molar-refractivity contribution is 5.92. The number of nitrogens with zero attached hydrogens (tertiary/aromatic N) is 2. The lowest BCUT2D eigenvalue weighted by molar-refractivity contribution is -0.120. The summed E-state index contributed by atoms with van der Waals surface area (Å²) in [6, 6.07) is 8.06. The number of nitrogens with one attached hydrogen (secondary N) is 2. The molecule has 1 amide bonds. The highest BCUT2D eigenvalue weighted by Crippen LogP contribution is 2.28. The number of carbonyl (C=O) groups is 1. The molecule has 6 nitrogen and oxygen atoms in total. The number of likely N-dealkylation sites (N-methyl/N-ethyl adjacent to an activating group) is 1. The Kier molecular flexibility index (Phi) is 8.35. The van der Waals surface area contributed by atoms with Gasteiger partial charge in [0, 0.05) is 45.4 Å². The molecule has 0 heterocycles. The van der Waals surface area contributed by atoms with Crippen molar-refractivity contribution < 1.29 is 9.53 Å². The summed E-state index contributed by atoms with van der Waals surface area (Å²) in [5.74, 6) is 1.97. The minimum atomic E-state index is 0.163. The Hall–Kier alpha value is -2.08. The molecule has 0 spiro atoms. The molecule has 1 aromatic carbocycles. The molecule has 0 atom stereocenters. The zero-order chi connectivity index (χ0) is 20.5. The molecule has 0 radical (unpaired) electrons. The number of carbonyl (C=O) groups excluding carboxylic acids is 1. The third-order valence-corrected chi connectivity index (χ3v) is 5.82. The minimum Gasteiger partial charge on any atom is -0.379 e. The van der Waals surface area contributed by atoms with Crippen LogP contribution in [0.15, 0.2) is 29.3 Å². The largest absolute Gasteiger partial charge is 0.379 e. The van der Waals surface area contributed by atoms with E-state index in [1.165, 1.54) is 32.1 Å². The average Bonchev–Trinajstić information content (AvgIpc) is 3.57. The number of hydrogen-bond donors (Lipinski definition) is 2. The fraction of sp³-hybridized carbons (Fsp3) is 0.652. The molecule has 0 aliphatic heterocycles. The van der Waals surface area contributed by atoms with Gasteiger partial charge in [-0.05, 0) is 49.3 Å². The Labute approximate surface area is 175 Å². The number of aliphatic imine (C=N–C) groups is 1. The van der Waals surface area contributed by atoms with E-state index < -0.39 is 0 Å². The van der Waals surface area contributed by atoms with Gasteiger partial charge in [0.05, 0.1) is 6.61 Å². The Morgan fingerprint density at radius 3 is 2.72 bits per heavy atom. The van der Waals surface area contributed by atoms with Crippen molar-refractivity contribution in [2.45, 2.75) is 51.5 Å².